The fraction of sp³-hybridized carbons (Fsp3) is 0.125. The van der Waals surface area contributed by atoms with Crippen molar-refractivity contribution < 1.29 is 9.18 Å². The van der Waals surface area contributed by atoms with E-state index in [1.165, 1.54) is 23.5 Å². The normalized spacial score (nSPS) is 12.2. The first kappa shape index (κ1) is 17.3. The SMILES string of the molecule is Cn1ccnc1C(NC(=O)c1cc(Br)c(Br)s1)c1cccc(F)c1. The number of hydrogen-bond acceptors (Lipinski definition) is 3. The second-order valence-corrected chi connectivity index (χ2v) is 8.31. The van der Waals surface area contributed by atoms with Crippen LogP contribution in [0.3, 0.4) is 0 Å². The quantitative estimate of drug-likeness (QED) is 0.600. The maximum absolute atomic E-state index is 13.6. The maximum Gasteiger partial charge on any atom is 0.262 e. The molecule has 124 valence electrons. The van der Waals surface area contributed by atoms with Crippen LogP contribution >= 0.6 is 43.2 Å². The molecule has 0 aliphatic carbocycles. The summed E-state index contributed by atoms with van der Waals surface area (Å²) in [5.41, 5.74) is 0.632. The molecule has 0 saturated carbocycles. The van der Waals surface area contributed by atoms with Crippen LogP contribution in [-0.2, 0) is 7.05 Å². The minimum Gasteiger partial charge on any atom is -0.337 e. The van der Waals surface area contributed by atoms with E-state index in [9.17, 15) is 9.18 Å². The Bertz CT molecular complexity index is 874. The molecule has 0 bridgehead atoms. The number of imidazole rings is 1. The van der Waals surface area contributed by atoms with E-state index in [2.05, 4.69) is 42.2 Å². The smallest absolute Gasteiger partial charge is 0.262 e. The van der Waals surface area contributed by atoms with Crippen LogP contribution in [0.15, 0.2) is 51.0 Å². The second-order valence-electron chi connectivity index (χ2n) is 5.09. The number of rotatable bonds is 4. The van der Waals surface area contributed by atoms with Gasteiger partial charge in [-0.3, -0.25) is 4.79 Å². The highest BCUT2D eigenvalue weighted by atomic mass is 79.9. The number of halogens is 3. The minimum absolute atomic E-state index is 0.247. The molecule has 1 N–H and O–H groups in total. The monoisotopic (exact) mass is 471 g/mol. The highest BCUT2D eigenvalue weighted by molar-refractivity contribution is 9.13. The highest BCUT2D eigenvalue weighted by Crippen LogP contribution is 2.33. The standard InChI is InChI=1S/C16H12Br2FN3OS/c1-22-6-5-20-15(22)13(9-3-2-4-10(19)7-9)21-16(23)12-8-11(17)14(18)24-12/h2-8,13H,1H3,(H,21,23). The number of carbonyl (C=O) groups is 1. The Morgan fingerprint density at radius 2 is 2.17 bits per heavy atom. The number of aromatic nitrogens is 2. The summed E-state index contributed by atoms with van der Waals surface area (Å²) in [6.07, 6.45) is 3.43. The molecule has 1 atom stereocenters. The molecule has 8 heteroatoms. The van der Waals surface area contributed by atoms with Gasteiger partial charge in [0.05, 0.1) is 8.66 Å². The Balaban J connectivity index is 1.96. The molecule has 4 nitrogen and oxygen atoms in total. The molecule has 0 fully saturated rings. The number of amides is 1. The average Bonchev–Trinajstić information content (AvgIpc) is 3.11. The van der Waals surface area contributed by atoms with Crippen molar-refractivity contribution in [3.05, 3.63) is 73.1 Å². The van der Waals surface area contributed by atoms with E-state index < -0.39 is 6.04 Å². The predicted molar refractivity (Wildman–Crippen MR) is 98.6 cm³/mol. The number of nitrogens with one attached hydrogen (secondary N) is 1. The topological polar surface area (TPSA) is 46.9 Å². The molecule has 2 heterocycles. The highest BCUT2D eigenvalue weighted by Gasteiger charge is 2.23. The van der Waals surface area contributed by atoms with Crippen molar-refractivity contribution >= 4 is 49.1 Å². The summed E-state index contributed by atoms with van der Waals surface area (Å²) >= 11 is 8.07. The molecule has 2 aromatic heterocycles. The van der Waals surface area contributed by atoms with Crippen molar-refractivity contribution in [2.45, 2.75) is 6.04 Å². The number of aryl methyl sites for hydroxylation is 1. The number of nitrogens with zero attached hydrogens (tertiary/aromatic N) is 2. The van der Waals surface area contributed by atoms with E-state index in [-0.39, 0.29) is 11.7 Å². The van der Waals surface area contributed by atoms with Gasteiger partial charge >= 0.3 is 0 Å². The summed E-state index contributed by atoms with van der Waals surface area (Å²) in [7, 11) is 1.83. The van der Waals surface area contributed by atoms with Gasteiger partial charge in [-0.2, -0.15) is 0 Å². The Morgan fingerprint density at radius 3 is 2.75 bits per heavy atom. The van der Waals surface area contributed by atoms with Crippen molar-refractivity contribution in [1.29, 1.82) is 0 Å². The van der Waals surface area contributed by atoms with E-state index in [1.54, 1.807) is 35.2 Å². The first-order valence-corrected chi connectivity index (χ1v) is 9.34. The Labute approximate surface area is 159 Å². The van der Waals surface area contributed by atoms with Gasteiger partial charge in [0.25, 0.3) is 5.91 Å². The molecule has 1 amide bonds. The fourth-order valence-corrected chi connectivity index (χ4v) is 4.24. The molecule has 0 radical (unpaired) electrons. The lowest BCUT2D eigenvalue weighted by Crippen LogP contribution is -2.30. The van der Waals surface area contributed by atoms with Crippen LogP contribution in [0.2, 0.25) is 0 Å². The number of carbonyl (C=O) groups excluding carboxylic acids is 1. The molecule has 0 saturated heterocycles. The zero-order chi connectivity index (χ0) is 17.3. The summed E-state index contributed by atoms with van der Waals surface area (Å²) in [4.78, 5) is 17.5. The molecule has 3 rings (SSSR count). The van der Waals surface area contributed by atoms with Crippen molar-refractivity contribution in [2.75, 3.05) is 0 Å². The van der Waals surface area contributed by atoms with Gasteiger partial charge in [-0.25, -0.2) is 9.37 Å². The van der Waals surface area contributed by atoms with Gasteiger partial charge < -0.3 is 9.88 Å². The van der Waals surface area contributed by atoms with Gasteiger partial charge in [-0.1, -0.05) is 12.1 Å². The molecule has 0 aliphatic heterocycles. The second kappa shape index (κ2) is 7.16. The summed E-state index contributed by atoms with van der Waals surface area (Å²) in [5.74, 6) is 0.0230. The van der Waals surface area contributed by atoms with Gasteiger partial charge in [0, 0.05) is 23.9 Å². The Hall–Kier alpha value is -1.51. The molecule has 0 aliphatic rings. The van der Waals surface area contributed by atoms with Crippen molar-refractivity contribution in [1.82, 2.24) is 14.9 Å². The first-order valence-electron chi connectivity index (χ1n) is 6.94. The van der Waals surface area contributed by atoms with Crippen LogP contribution in [0, 0.1) is 5.82 Å². The lowest BCUT2D eigenvalue weighted by molar-refractivity contribution is 0.0945. The lowest BCUT2D eigenvalue weighted by atomic mass is 10.1. The number of thiophene rings is 1. The summed E-state index contributed by atoms with van der Waals surface area (Å²) in [6.45, 7) is 0. The van der Waals surface area contributed by atoms with Gasteiger partial charge in [-0.15, -0.1) is 11.3 Å². The van der Waals surface area contributed by atoms with E-state index in [1.807, 2.05) is 7.05 Å². The van der Waals surface area contributed by atoms with E-state index in [0.29, 0.717) is 16.3 Å². The minimum atomic E-state index is -0.548. The zero-order valence-electron chi connectivity index (χ0n) is 12.5. The average molecular weight is 473 g/mol. The van der Waals surface area contributed by atoms with Gasteiger partial charge in [0.2, 0.25) is 0 Å². The van der Waals surface area contributed by atoms with E-state index >= 15 is 0 Å². The third-order valence-electron chi connectivity index (χ3n) is 3.44. The summed E-state index contributed by atoms with van der Waals surface area (Å²) in [6, 6.07) is 7.35. The van der Waals surface area contributed by atoms with Crippen molar-refractivity contribution in [3.63, 3.8) is 0 Å². The van der Waals surface area contributed by atoms with Crippen LogP contribution in [0.1, 0.15) is 27.1 Å². The van der Waals surface area contributed by atoms with Crippen LogP contribution < -0.4 is 5.32 Å². The van der Waals surface area contributed by atoms with Gasteiger partial charge in [0.15, 0.2) is 0 Å². The molecule has 1 unspecified atom stereocenters. The molecule has 3 aromatic rings. The van der Waals surface area contributed by atoms with Gasteiger partial charge in [-0.05, 0) is 55.6 Å². The Morgan fingerprint density at radius 1 is 1.38 bits per heavy atom. The number of benzene rings is 1. The van der Waals surface area contributed by atoms with Crippen LogP contribution in [0.4, 0.5) is 4.39 Å². The molecule has 1 aromatic carbocycles. The van der Waals surface area contributed by atoms with Crippen LogP contribution in [0.5, 0.6) is 0 Å². The summed E-state index contributed by atoms with van der Waals surface area (Å²) in [5, 5.41) is 2.94. The number of hydrogen-bond donors (Lipinski definition) is 1. The van der Waals surface area contributed by atoms with E-state index in [0.717, 1.165) is 8.26 Å². The van der Waals surface area contributed by atoms with Crippen LogP contribution in [-0.4, -0.2) is 15.5 Å². The largest absolute Gasteiger partial charge is 0.337 e. The molecule has 24 heavy (non-hydrogen) atoms. The molecule has 0 spiro atoms. The Kier molecular flexibility index (Phi) is 5.17. The van der Waals surface area contributed by atoms with Crippen molar-refractivity contribution in [3.8, 4) is 0 Å². The third kappa shape index (κ3) is 3.60. The van der Waals surface area contributed by atoms with Crippen molar-refractivity contribution in [2.24, 2.45) is 7.05 Å². The first-order chi connectivity index (χ1) is 11.5. The molecular formula is C16H12Br2FN3OS. The molecular weight excluding hydrogens is 461 g/mol. The predicted octanol–water partition coefficient (Wildman–Crippen LogP) is 4.67. The zero-order valence-corrected chi connectivity index (χ0v) is 16.5. The third-order valence-corrected chi connectivity index (χ3v) is 6.70. The van der Waals surface area contributed by atoms with Crippen LogP contribution in [0.25, 0.3) is 0 Å². The summed E-state index contributed by atoms with van der Waals surface area (Å²) < 4.78 is 17.1. The van der Waals surface area contributed by atoms with Gasteiger partial charge in [0.1, 0.15) is 17.7 Å². The fourth-order valence-electron chi connectivity index (χ4n) is 2.30. The lowest BCUT2D eigenvalue weighted by Gasteiger charge is -2.19. The maximum atomic E-state index is 13.6. The van der Waals surface area contributed by atoms with E-state index in [4.69, 9.17) is 0 Å².